The van der Waals surface area contributed by atoms with Crippen molar-refractivity contribution in [3.8, 4) is 34.3 Å². The minimum atomic E-state index is -0.525. The topological polar surface area (TPSA) is 91.5 Å². The van der Waals surface area contributed by atoms with Gasteiger partial charge in [-0.05, 0) is 60.7 Å². The smallest absolute Gasteiger partial charge is 0.343 e. The number of carbonyl (C=O) groups excluding carboxylic acids is 2. The number of nitrogens with zero attached hydrogens (tertiary/aromatic N) is 2. The summed E-state index contributed by atoms with van der Waals surface area (Å²) in [4.78, 5) is 27.6. The Hall–Kier alpha value is -4.26. The van der Waals surface area contributed by atoms with Crippen LogP contribution in [0.2, 0.25) is 0 Å². The Balaban J connectivity index is 1.43. The Morgan fingerprint density at radius 3 is 2.07 bits per heavy atom. The van der Waals surface area contributed by atoms with Crippen molar-refractivity contribution in [1.29, 1.82) is 0 Å². The van der Waals surface area contributed by atoms with Crippen molar-refractivity contribution in [3.05, 3.63) is 84.4 Å². The molecule has 1 heterocycles. The Morgan fingerprint density at radius 1 is 0.767 bits per heavy atom. The SMILES string of the molecule is CC(=O)Oc1ccc(C(=O)Oc2ccc(-c3noc(-c4ccccc4)n3)cc2)cc1. The van der Waals surface area contributed by atoms with Gasteiger partial charge in [0.25, 0.3) is 5.89 Å². The monoisotopic (exact) mass is 400 g/mol. The van der Waals surface area contributed by atoms with Gasteiger partial charge in [0.15, 0.2) is 0 Å². The maximum absolute atomic E-state index is 12.3. The average molecular weight is 400 g/mol. The fourth-order valence-corrected chi connectivity index (χ4v) is 2.70. The molecule has 7 nitrogen and oxygen atoms in total. The second-order valence-corrected chi connectivity index (χ2v) is 6.32. The van der Waals surface area contributed by atoms with Gasteiger partial charge >= 0.3 is 11.9 Å². The zero-order valence-electron chi connectivity index (χ0n) is 15.9. The zero-order valence-corrected chi connectivity index (χ0v) is 15.9. The van der Waals surface area contributed by atoms with E-state index in [0.717, 1.165) is 11.1 Å². The van der Waals surface area contributed by atoms with Crippen LogP contribution in [0.4, 0.5) is 0 Å². The zero-order chi connectivity index (χ0) is 20.9. The van der Waals surface area contributed by atoms with Crippen LogP contribution in [-0.4, -0.2) is 22.1 Å². The van der Waals surface area contributed by atoms with Crippen LogP contribution in [0.15, 0.2) is 83.4 Å². The molecule has 30 heavy (non-hydrogen) atoms. The van der Waals surface area contributed by atoms with Gasteiger partial charge in [0.1, 0.15) is 11.5 Å². The molecule has 0 saturated carbocycles. The van der Waals surface area contributed by atoms with Crippen molar-refractivity contribution < 1.29 is 23.6 Å². The predicted octanol–water partition coefficient (Wildman–Crippen LogP) is 4.55. The lowest BCUT2D eigenvalue weighted by Crippen LogP contribution is -2.08. The lowest BCUT2D eigenvalue weighted by molar-refractivity contribution is -0.131. The molecule has 0 saturated heterocycles. The predicted molar refractivity (Wildman–Crippen MR) is 108 cm³/mol. The molecule has 148 valence electrons. The molecule has 1 aromatic heterocycles. The van der Waals surface area contributed by atoms with Crippen molar-refractivity contribution in [2.24, 2.45) is 0 Å². The summed E-state index contributed by atoms with van der Waals surface area (Å²) in [6.45, 7) is 1.31. The summed E-state index contributed by atoms with van der Waals surface area (Å²) in [6.07, 6.45) is 0. The van der Waals surface area contributed by atoms with E-state index in [4.69, 9.17) is 14.0 Å². The van der Waals surface area contributed by atoms with Gasteiger partial charge < -0.3 is 14.0 Å². The number of benzene rings is 3. The van der Waals surface area contributed by atoms with Crippen LogP contribution < -0.4 is 9.47 Å². The van der Waals surface area contributed by atoms with Gasteiger partial charge in [0.2, 0.25) is 5.82 Å². The van der Waals surface area contributed by atoms with Gasteiger partial charge in [0.05, 0.1) is 5.56 Å². The number of rotatable bonds is 5. The molecular weight excluding hydrogens is 384 g/mol. The van der Waals surface area contributed by atoms with Crippen LogP contribution in [0.5, 0.6) is 11.5 Å². The molecule has 4 rings (SSSR count). The second-order valence-electron chi connectivity index (χ2n) is 6.32. The van der Waals surface area contributed by atoms with E-state index >= 15 is 0 Å². The Bertz CT molecular complexity index is 1170. The third-order valence-electron chi connectivity index (χ3n) is 4.12. The van der Waals surface area contributed by atoms with Crippen molar-refractivity contribution in [2.45, 2.75) is 6.92 Å². The summed E-state index contributed by atoms with van der Waals surface area (Å²) in [5.74, 6) is 0.648. The number of aromatic nitrogens is 2. The van der Waals surface area contributed by atoms with E-state index in [2.05, 4.69) is 10.1 Å². The molecule has 0 atom stereocenters. The summed E-state index contributed by atoms with van der Waals surface area (Å²) >= 11 is 0. The maximum Gasteiger partial charge on any atom is 0.343 e. The first kappa shape index (κ1) is 19.1. The minimum Gasteiger partial charge on any atom is -0.427 e. The molecule has 4 aromatic rings. The fourth-order valence-electron chi connectivity index (χ4n) is 2.70. The van der Waals surface area contributed by atoms with E-state index in [9.17, 15) is 9.59 Å². The molecule has 0 radical (unpaired) electrons. The Morgan fingerprint density at radius 2 is 1.40 bits per heavy atom. The second kappa shape index (κ2) is 8.40. The normalized spacial score (nSPS) is 10.4. The molecule has 0 amide bonds. The maximum atomic E-state index is 12.3. The lowest BCUT2D eigenvalue weighted by atomic mass is 10.2. The van der Waals surface area contributed by atoms with Crippen LogP contribution in [0.3, 0.4) is 0 Å². The van der Waals surface area contributed by atoms with Gasteiger partial charge in [0, 0.05) is 18.1 Å². The van der Waals surface area contributed by atoms with E-state index in [0.29, 0.717) is 28.8 Å². The van der Waals surface area contributed by atoms with Crippen molar-refractivity contribution >= 4 is 11.9 Å². The summed E-state index contributed by atoms with van der Waals surface area (Å²) < 4.78 is 15.6. The number of esters is 2. The highest BCUT2D eigenvalue weighted by atomic mass is 16.5. The van der Waals surface area contributed by atoms with Gasteiger partial charge in [-0.25, -0.2) is 4.79 Å². The van der Waals surface area contributed by atoms with Crippen molar-refractivity contribution in [1.82, 2.24) is 10.1 Å². The Kier molecular flexibility index (Phi) is 5.34. The van der Waals surface area contributed by atoms with Crippen LogP contribution in [0.25, 0.3) is 22.8 Å². The molecular formula is C23H16N2O5. The lowest BCUT2D eigenvalue weighted by Gasteiger charge is -2.06. The quantitative estimate of drug-likeness (QED) is 0.358. The highest BCUT2D eigenvalue weighted by Crippen LogP contribution is 2.24. The Labute approximate surface area is 171 Å². The van der Waals surface area contributed by atoms with Crippen molar-refractivity contribution in [3.63, 3.8) is 0 Å². The molecule has 0 spiro atoms. The molecule has 0 bridgehead atoms. The number of hydrogen-bond acceptors (Lipinski definition) is 7. The van der Waals surface area contributed by atoms with E-state index in [1.54, 1.807) is 24.3 Å². The van der Waals surface area contributed by atoms with Gasteiger partial charge in [-0.2, -0.15) is 4.98 Å². The van der Waals surface area contributed by atoms with Crippen LogP contribution >= 0.6 is 0 Å². The first-order valence-corrected chi connectivity index (χ1v) is 9.09. The molecule has 0 aliphatic rings. The summed E-state index contributed by atoms with van der Waals surface area (Å²) in [5, 5.41) is 4.00. The van der Waals surface area contributed by atoms with Gasteiger partial charge in [-0.3, -0.25) is 4.79 Å². The van der Waals surface area contributed by atoms with Gasteiger partial charge in [-0.15, -0.1) is 0 Å². The highest BCUT2D eigenvalue weighted by Gasteiger charge is 2.12. The third-order valence-corrected chi connectivity index (χ3v) is 4.12. The average Bonchev–Trinajstić information content (AvgIpc) is 3.25. The van der Waals surface area contributed by atoms with Crippen molar-refractivity contribution in [2.75, 3.05) is 0 Å². The largest absolute Gasteiger partial charge is 0.427 e. The molecule has 0 aliphatic carbocycles. The summed E-state index contributed by atoms with van der Waals surface area (Å²) in [6, 6.07) is 22.4. The molecule has 0 unspecified atom stereocenters. The first-order valence-electron chi connectivity index (χ1n) is 9.09. The van der Waals surface area contributed by atoms with E-state index in [-0.39, 0.29) is 0 Å². The standard InChI is InChI=1S/C23H16N2O5/c1-15(26)28-19-13-9-18(10-14-19)23(27)29-20-11-7-16(8-12-20)21-24-22(30-25-21)17-5-3-2-4-6-17/h2-14H,1H3. The molecule has 3 aromatic carbocycles. The molecule has 0 aliphatic heterocycles. The van der Waals surface area contributed by atoms with E-state index < -0.39 is 11.9 Å². The fraction of sp³-hybridized carbons (Fsp3) is 0.0435. The van der Waals surface area contributed by atoms with Crippen LogP contribution in [0, 0.1) is 0 Å². The molecule has 0 fully saturated rings. The van der Waals surface area contributed by atoms with Crippen LogP contribution in [-0.2, 0) is 4.79 Å². The molecule has 0 N–H and O–H groups in total. The third kappa shape index (κ3) is 4.41. The highest BCUT2D eigenvalue weighted by molar-refractivity contribution is 5.91. The minimum absolute atomic E-state index is 0.334. The van der Waals surface area contributed by atoms with Gasteiger partial charge in [-0.1, -0.05) is 23.4 Å². The number of ether oxygens (including phenoxy) is 2. The van der Waals surface area contributed by atoms with E-state index in [1.165, 1.54) is 31.2 Å². The van der Waals surface area contributed by atoms with Crippen LogP contribution in [0.1, 0.15) is 17.3 Å². The summed E-state index contributed by atoms with van der Waals surface area (Å²) in [5.41, 5.74) is 1.90. The summed E-state index contributed by atoms with van der Waals surface area (Å²) in [7, 11) is 0. The first-order chi connectivity index (χ1) is 14.6. The molecule has 7 heteroatoms. The van der Waals surface area contributed by atoms with E-state index in [1.807, 2.05) is 30.3 Å². The number of carbonyl (C=O) groups is 2. The number of hydrogen-bond donors (Lipinski definition) is 0.